The van der Waals surface area contributed by atoms with E-state index in [0.29, 0.717) is 27.8 Å². The Labute approximate surface area is 162 Å². The zero-order valence-corrected chi connectivity index (χ0v) is 16.0. The SMILES string of the molecule is COc1ccc(Br)cc1C=C1SC(=N)N(c2ccc3c(c2)OCO3)C1=O. The summed E-state index contributed by atoms with van der Waals surface area (Å²) in [6.45, 7) is 0.159. The molecule has 0 radical (unpaired) electrons. The van der Waals surface area contributed by atoms with E-state index in [1.54, 1.807) is 31.4 Å². The Hall–Kier alpha value is -2.45. The van der Waals surface area contributed by atoms with Crippen LogP contribution in [0.4, 0.5) is 5.69 Å². The van der Waals surface area contributed by atoms with Crippen LogP contribution in [0.3, 0.4) is 0 Å². The van der Waals surface area contributed by atoms with Crippen molar-refractivity contribution in [1.82, 2.24) is 0 Å². The Morgan fingerprint density at radius 3 is 2.85 bits per heavy atom. The van der Waals surface area contributed by atoms with Crippen LogP contribution < -0.4 is 19.1 Å². The van der Waals surface area contributed by atoms with Gasteiger partial charge in [0, 0.05) is 16.1 Å². The minimum Gasteiger partial charge on any atom is -0.496 e. The van der Waals surface area contributed by atoms with Crippen molar-refractivity contribution in [2.45, 2.75) is 0 Å². The van der Waals surface area contributed by atoms with E-state index in [4.69, 9.17) is 19.6 Å². The Bertz CT molecular complexity index is 960. The highest BCUT2D eigenvalue weighted by Crippen LogP contribution is 2.41. The van der Waals surface area contributed by atoms with E-state index in [1.807, 2.05) is 18.2 Å². The van der Waals surface area contributed by atoms with Gasteiger partial charge in [-0.05, 0) is 48.2 Å². The van der Waals surface area contributed by atoms with Gasteiger partial charge in [0.05, 0.1) is 17.7 Å². The van der Waals surface area contributed by atoms with E-state index in [-0.39, 0.29) is 17.9 Å². The molecule has 1 N–H and O–H groups in total. The molecule has 1 fully saturated rings. The van der Waals surface area contributed by atoms with Crippen LogP contribution in [0.5, 0.6) is 17.2 Å². The van der Waals surface area contributed by atoms with Gasteiger partial charge in [-0.15, -0.1) is 0 Å². The number of nitrogens with zero attached hydrogens (tertiary/aromatic N) is 1. The van der Waals surface area contributed by atoms with Crippen molar-refractivity contribution in [2.75, 3.05) is 18.8 Å². The van der Waals surface area contributed by atoms with Gasteiger partial charge in [-0.1, -0.05) is 15.9 Å². The van der Waals surface area contributed by atoms with E-state index in [9.17, 15) is 4.79 Å². The fraction of sp³-hybridized carbons (Fsp3) is 0.111. The van der Waals surface area contributed by atoms with Gasteiger partial charge < -0.3 is 14.2 Å². The van der Waals surface area contributed by atoms with E-state index < -0.39 is 0 Å². The number of hydrogen-bond donors (Lipinski definition) is 1. The first-order valence-corrected chi connectivity index (χ1v) is 9.23. The molecule has 0 atom stereocenters. The van der Waals surface area contributed by atoms with Gasteiger partial charge in [-0.25, -0.2) is 0 Å². The monoisotopic (exact) mass is 432 g/mol. The first kappa shape index (κ1) is 17.0. The lowest BCUT2D eigenvalue weighted by atomic mass is 10.2. The van der Waals surface area contributed by atoms with Crippen molar-refractivity contribution < 1.29 is 19.0 Å². The molecule has 6 nitrogen and oxygen atoms in total. The first-order valence-electron chi connectivity index (χ1n) is 7.62. The highest BCUT2D eigenvalue weighted by Gasteiger charge is 2.34. The van der Waals surface area contributed by atoms with Crippen molar-refractivity contribution in [3.05, 3.63) is 51.3 Å². The number of anilines is 1. The van der Waals surface area contributed by atoms with Crippen LogP contribution in [-0.2, 0) is 4.79 Å². The summed E-state index contributed by atoms with van der Waals surface area (Å²) in [5, 5.41) is 8.36. The molecule has 1 saturated heterocycles. The summed E-state index contributed by atoms with van der Waals surface area (Å²) in [4.78, 5) is 14.7. The molecule has 0 aromatic heterocycles. The predicted molar refractivity (Wildman–Crippen MR) is 104 cm³/mol. The van der Waals surface area contributed by atoms with Crippen molar-refractivity contribution in [3.8, 4) is 17.2 Å². The minimum atomic E-state index is -0.263. The number of amides is 1. The molecule has 132 valence electrons. The molecule has 0 saturated carbocycles. The fourth-order valence-corrected chi connectivity index (χ4v) is 3.94. The molecule has 2 aromatic rings. The molecular formula is C18H13BrN2O4S. The third kappa shape index (κ3) is 2.95. The molecule has 4 rings (SSSR count). The fourth-order valence-electron chi connectivity index (χ4n) is 2.71. The zero-order chi connectivity index (χ0) is 18.3. The lowest BCUT2D eigenvalue weighted by Gasteiger charge is -2.14. The Morgan fingerprint density at radius 2 is 2.04 bits per heavy atom. The number of nitrogens with one attached hydrogen (secondary N) is 1. The number of thioether (sulfide) groups is 1. The van der Waals surface area contributed by atoms with Crippen LogP contribution in [-0.4, -0.2) is 25.0 Å². The molecule has 0 aliphatic carbocycles. The van der Waals surface area contributed by atoms with Crippen LogP contribution in [0.1, 0.15) is 5.56 Å². The highest BCUT2D eigenvalue weighted by atomic mass is 79.9. The molecule has 0 unspecified atom stereocenters. The topological polar surface area (TPSA) is 71.8 Å². The van der Waals surface area contributed by atoms with Crippen molar-refractivity contribution in [2.24, 2.45) is 0 Å². The predicted octanol–water partition coefficient (Wildman–Crippen LogP) is 4.24. The number of halogens is 1. The molecule has 2 aromatic carbocycles. The van der Waals surface area contributed by atoms with Gasteiger partial charge in [0.2, 0.25) is 6.79 Å². The summed E-state index contributed by atoms with van der Waals surface area (Å²) in [6, 6.07) is 10.7. The normalized spacial score (nSPS) is 17.3. The number of rotatable bonds is 3. The number of fused-ring (bicyclic) bond motifs is 1. The number of hydrogen-bond acceptors (Lipinski definition) is 6. The maximum atomic E-state index is 12.9. The summed E-state index contributed by atoms with van der Waals surface area (Å²) >= 11 is 4.53. The summed E-state index contributed by atoms with van der Waals surface area (Å²) in [5.74, 6) is 1.59. The van der Waals surface area contributed by atoms with Crippen molar-refractivity contribution >= 4 is 50.5 Å². The molecule has 8 heteroatoms. The number of methoxy groups -OCH3 is 1. The van der Waals surface area contributed by atoms with Crippen molar-refractivity contribution in [1.29, 1.82) is 5.41 Å². The maximum absolute atomic E-state index is 12.9. The molecule has 2 aliphatic heterocycles. The van der Waals surface area contributed by atoms with E-state index in [0.717, 1.165) is 21.8 Å². The summed E-state index contributed by atoms with van der Waals surface area (Å²) in [6.07, 6.45) is 1.73. The van der Waals surface area contributed by atoms with Gasteiger partial charge in [0.25, 0.3) is 5.91 Å². The summed E-state index contributed by atoms with van der Waals surface area (Å²) in [7, 11) is 1.58. The molecule has 26 heavy (non-hydrogen) atoms. The van der Waals surface area contributed by atoms with Crippen LogP contribution in [0.15, 0.2) is 45.8 Å². The molecular weight excluding hydrogens is 420 g/mol. The number of carbonyl (C=O) groups is 1. The lowest BCUT2D eigenvalue weighted by molar-refractivity contribution is -0.113. The zero-order valence-electron chi connectivity index (χ0n) is 13.6. The number of carbonyl (C=O) groups excluding carboxylic acids is 1. The third-order valence-electron chi connectivity index (χ3n) is 3.92. The van der Waals surface area contributed by atoms with Crippen molar-refractivity contribution in [3.63, 3.8) is 0 Å². The molecule has 1 amide bonds. The van der Waals surface area contributed by atoms with Gasteiger partial charge in [-0.3, -0.25) is 15.1 Å². The third-order valence-corrected chi connectivity index (χ3v) is 5.30. The van der Waals surface area contributed by atoms with Gasteiger partial charge in [0.1, 0.15) is 5.75 Å². The van der Waals surface area contributed by atoms with Crippen LogP contribution in [0.2, 0.25) is 0 Å². The average molecular weight is 433 g/mol. The smallest absolute Gasteiger partial charge is 0.271 e. The number of ether oxygens (including phenoxy) is 3. The quantitative estimate of drug-likeness (QED) is 0.734. The van der Waals surface area contributed by atoms with E-state index >= 15 is 0 Å². The maximum Gasteiger partial charge on any atom is 0.271 e. The lowest BCUT2D eigenvalue weighted by Crippen LogP contribution is -2.28. The highest BCUT2D eigenvalue weighted by molar-refractivity contribution is 9.10. The number of amidine groups is 1. The standard InChI is InChI=1S/C18H13BrN2O4S/c1-23-13-4-2-11(19)6-10(13)7-16-17(22)21(18(20)26-16)12-3-5-14-15(8-12)25-9-24-14/h2-8,20H,9H2,1H3. The number of benzene rings is 2. The molecule has 2 aliphatic rings. The molecule has 2 heterocycles. The van der Waals surface area contributed by atoms with Crippen LogP contribution >= 0.6 is 27.7 Å². The Morgan fingerprint density at radius 1 is 1.23 bits per heavy atom. The largest absolute Gasteiger partial charge is 0.496 e. The molecule has 0 bridgehead atoms. The minimum absolute atomic E-state index is 0.133. The second kappa shape index (κ2) is 6.69. The van der Waals surface area contributed by atoms with Gasteiger partial charge in [-0.2, -0.15) is 0 Å². The summed E-state index contributed by atoms with van der Waals surface area (Å²) in [5.41, 5.74) is 1.33. The Balaban J connectivity index is 1.69. The Kier molecular flexibility index (Phi) is 4.37. The van der Waals surface area contributed by atoms with Gasteiger partial charge >= 0.3 is 0 Å². The second-order valence-electron chi connectivity index (χ2n) is 5.48. The van der Waals surface area contributed by atoms with Crippen LogP contribution in [0, 0.1) is 5.41 Å². The van der Waals surface area contributed by atoms with E-state index in [2.05, 4.69) is 15.9 Å². The van der Waals surface area contributed by atoms with Gasteiger partial charge in [0.15, 0.2) is 16.7 Å². The first-order chi connectivity index (χ1) is 12.6. The average Bonchev–Trinajstić information content (AvgIpc) is 3.19. The van der Waals surface area contributed by atoms with Crippen LogP contribution in [0.25, 0.3) is 6.08 Å². The van der Waals surface area contributed by atoms with E-state index in [1.165, 1.54) is 4.90 Å². The second-order valence-corrected chi connectivity index (χ2v) is 7.43. The summed E-state index contributed by atoms with van der Waals surface area (Å²) < 4.78 is 16.9. The molecule has 0 spiro atoms.